The number of hydrogen-bond donors (Lipinski definition) is 0. The van der Waals surface area contributed by atoms with E-state index < -0.39 is 0 Å². The molecular weight excluding hydrogens is 280 g/mol. The Hall–Kier alpha value is -1.10. The van der Waals surface area contributed by atoms with Gasteiger partial charge in [-0.3, -0.25) is 14.5 Å². The maximum atomic E-state index is 12.8. The van der Waals surface area contributed by atoms with Crippen LogP contribution in [0.25, 0.3) is 0 Å². The summed E-state index contributed by atoms with van der Waals surface area (Å²) in [7, 11) is 1.45. The second kappa shape index (κ2) is 7.95. The molecule has 0 saturated carbocycles. The van der Waals surface area contributed by atoms with E-state index in [0.29, 0.717) is 6.04 Å². The van der Waals surface area contributed by atoms with Crippen molar-refractivity contribution in [1.29, 1.82) is 0 Å². The van der Waals surface area contributed by atoms with Gasteiger partial charge in [0, 0.05) is 12.6 Å². The lowest BCUT2D eigenvalue weighted by Gasteiger charge is -2.41. The third-order valence-electron chi connectivity index (χ3n) is 5.35. The van der Waals surface area contributed by atoms with Crippen LogP contribution in [0.1, 0.15) is 52.4 Å². The smallest absolute Gasteiger partial charge is 0.308 e. The average molecular weight is 310 g/mol. The van der Waals surface area contributed by atoms with Crippen LogP contribution in [-0.2, 0) is 14.3 Å². The van der Waals surface area contributed by atoms with E-state index in [1.807, 2.05) is 6.92 Å². The quantitative estimate of drug-likeness (QED) is 0.746. The van der Waals surface area contributed by atoms with Crippen LogP contribution in [0.5, 0.6) is 0 Å². The molecule has 2 saturated heterocycles. The molecule has 2 aliphatic rings. The number of esters is 1. The Kier molecular flexibility index (Phi) is 6.24. The molecule has 2 unspecified atom stereocenters. The Morgan fingerprint density at radius 3 is 2.41 bits per heavy atom. The maximum absolute atomic E-state index is 12.8. The summed E-state index contributed by atoms with van der Waals surface area (Å²) in [5, 5.41) is 0. The van der Waals surface area contributed by atoms with Gasteiger partial charge in [0.05, 0.1) is 19.1 Å². The molecule has 22 heavy (non-hydrogen) atoms. The Morgan fingerprint density at radius 1 is 1.14 bits per heavy atom. The van der Waals surface area contributed by atoms with Gasteiger partial charge in [0.15, 0.2) is 0 Å². The van der Waals surface area contributed by atoms with E-state index in [4.69, 9.17) is 4.74 Å². The number of methoxy groups -OCH3 is 1. The van der Waals surface area contributed by atoms with Gasteiger partial charge in [-0.2, -0.15) is 0 Å². The van der Waals surface area contributed by atoms with Crippen molar-refractivity contribution in [3.63, 3.8) is 0 Å². The molecule has 2 fully saturated rings. The first kappa shape index (κ1) is 17.3. The van der Waals surface area contributed by atoms with Gasteiger partial charge in [0.1, 0.15) is 0 Å². The fourth-order valence-corrected chi connectivity index (χ4v) is 3.80. The van der Waals surface area contributed by atoms with Gasteiger partial charge in [-0.25, -0.2) is 0 Å². The lowest BCUT2D eigenvalue weighted by Crippen LogP contribution is -2.54. The number of rotatable bonds is 4. The van der Waals surface area contributed by atoms with E-state index >= 15 is 0 Å². The second-order valence-electron chi connectivity index (χ2n) is 6.60. The third kappa shape index (κ3) is 3.80. The Balaban J connectivity index is 1.90. The van der Waals surface area contributed by atoms with Crippen molar-refractivity contribution in [1.82, 2.24) is 9.80 Å². The average Bonchev–Trinajstić information content (AvgIpc) is 2.59. The first-order valence-electron chi connectivity index (χ1n) is 8.70. The zero-order valence-corrected chi connectivity index (χ0v) is 14.2. The molecule has 0 aliphatic carbocycles. The summed E-state index contributed by atoms with van der Waals surface area (Å²) in [5.41, 5.74) is 0. The van der Waals surface area contributed by atoms with Crippen molar-refractivity contribution in [2.45, 2.75) is 64.5 Å². The lowest BCUT2D eigenvalue weighted by molar-refractivity contribution is -0.148. The molecular formula is C17H30N2O3. The Bertz CT molecular complexity index is 391. The van der Waals surface area contributed by atoms with Gasteiger partial charge in [0.2, 0.25) is 5.91 Å². The molecule has 0 N–H and O–H groups in total. The molecule has 0 bridgehead atoms. The van der Waals surface area contributed by atoms with Crippen LogP contribution in [-0.4, -0.2) is 60.5 Å². The molecule has 2 rings (SSSR count). The van der Waals surface area contributed by atoms with Crippen LogP contribution in [0.3, 0.4) is 0 Å². The fourth-order valence-electron chi connectivity index (χ4n) is 3.80. The third-order valence-corrected chi connectivity index (χ3v) is 5.35. The van der Waals surface area contributed by atoms with E-state index in [2.05, 4.69) is 16.7 Å². The SMILES string of the molecule is CCC1CCCCN1C(=O)C(C)N1CCC(C(=O)OC)CC1. The van der Waals surface area contributed by atoms with Crippen LogP contribution in [0.4, 0.5) is 0 Å². The highest BCUT2D eigenvalue weighted by Crippen LogP contribution is 2.24. The fraction of sp³-hybridized carbons (Fsp3) is 0.882. The zero-order chi connectivity index (χ0) is 16.1. The summed E-state index contributed by atoms with van der Waals surface area (Å²) in [6.45, 7) is 6.69. The number of carbonyl (C=O) groups excluding carboxylic acids is 2. The van der Waals surface area contributed by atoms with Crippen molar-refractivity contribution in [3.05, 3.63) is 0 Å². The van der Waals surface area contributed by atoms with Crippen LogP contribution >= 0.6 is 0 Å². The molecule has 0 spiro atoms. The van der Waals surface area contributed by atoms with Crippen molar-refractivity contribution in [3.8, 4) is 0 Å². The Morgan fingerprint density at radius 2 is 1.82 bits per heavy atom. The highest BCUT2D eigenvalue weighted by molar-refractivity contribution is 5.82. The lowest BCUT2D eigenvalue weighted by atomic mass is 9.95. The van der Waals surface area contributed by atoms with Gasteiger partial charge in [-0.05, 0) is 58.5 Å². The molecule has 0 aromatic rings. The van der Waals surface area contributed by atoms with Gasteiger partial charge >= 0.3 is 5.97 Å². The van der Waals surface area contributed by atoms with Gasteiger partial charge in [-0.15, -0.1) is 0 Å². The molecule has 2 aliphatic heterocycles. The first-order chi connectivity index (χ1) is 10.6. The van der Waals surface area contributed by atoms with Crippen molar-refractivity contribution in [2.75, 3.05) is 26.7 Å². The molecule has 0 aromatic carbocycles. The molecule has 2 atom stereocenters. The van der Waals surface area contributed by atoms with Gasteiger partial charge in [-0.1, -0.05) is 6.92 Å². The molecule has 0 radical (unpaired) electrons. The molecule has 1 amide bonds. The standard InChI is InChI=1S/C17H30N2O3/c1-4-15-7-5-6-10-19(15)16(20)13(2)18-11-8-14(9-12-18)17(21)22-3/h13-15H,4-12H2,1-3H3. The molecule has 2 heterocycles. The van der Waals surface area contributed by atoms with Crippen molar-refractivity contribution < 1.29 is 14.3 Å². The van der Waals surface area contributed by atoms with Crippen LogP contribution in [0, 0.1) is 5.92 Å². The summed E-state index contributed by atoms with van der Waals surface area (Å²) < 4.78 is 4.82. The minimum absolute atomic E-state index is 0.00179. The summed E-state index contributed by atoms with van der Waals surface area (Å²) in [5.74, 6) is 0.158. The van der Waals surface area contributed by atoms with Crippen LogP contribution < -0.4 is 0 Å². The highest BCUT2D eigenvalue weighted by atomic mass is 16.5. The second-order valence-corrected chi connectivity index (χ2v) is 6.60. The molecule has 5 heteroatoms. The Labute approximate surface area is 134 Å². The van der Waals surface area contributed by atoms with Gasteiger partial charge < -0.3 is 9.64 Å². The summed E-state index contributed by atoms with van der Waals surface area (Å²) >= 11 is 0. The number of piperidine rings is 2. The van der Waals surface area contributed by atoms with E-state index in [-0.39, 0.29) is 23.8 Å². The number of carbonyl (C=O) groups is 2. The van der Waals surface area contributed by atoms with Gasteiger partial charge in [0.25, 0.3) is 0 Å². The summed E-state index contributed by atoms with van der Waals surface area (Å²) in [6, 6.07) is 0.335. The number of likely N-dealkylation sites (tertiary alicyclic amines) is 2. The molecule has 126 valence electrons. The number of hydrogen-bond acceptors (Lipinski definition) is 4. The van der Waals surface area contributed by atoms with E-state index in [0.717, 1.165) is 51.7 Å². The monoisotopic (exact) mass is 310 g/mol. The van der Waals surface area contributed by atoms with E-state index in [9.17, 15) is 9.59 Å². The number of ether oxygens (including phenoxy) is 1. The normalized spacial score (nSPS) is 25.8. The van der Waals surface area contributed by atoms with Crippen molar-refractivity contribution in [2.24, 2.45) is 5.92 Å². The molecule has 0 aromatic heterocycles. The van der Waals surface area contributed by atoms with Crippen molar-refractivity contribution >= 4 is 11.9 Å². The number of nitrogens with zero attached hydrogens (tertiary/aromatic N) is 2. The zero-order valence-electron chi connectivity index (χ0n) is 14.2. The maximum Gasteiger partial charge on any atom is 0.308 e. The van der Waals surface area contributed by atoms with E-state index in [1.165, 1.54) is 13.5 Å². The number of amides is 1. The minimum atomic E-state index is -0.110. The first-order valence-corrected chi connectivity index (χ1v) is 8.70. The van der Waals surface area contributed by atoms with Crippen LogP contribution in [0.15, 0.2) is 0 Å². The highest BCUT2D eigenvalue weighted by Gasteiger charge is 2.34. The predicted octanol–water partition coefficient (Wildman–Crippen LogP) is 2.05. The van der Waals surface area contributed by atoms with Crippen LogP contribution in [0.2, 0.25) is 0 Å². The minimum Gasteiger partial charge on any atom is -0.469 e. The topological polar surface area (TPSA) is 49.9 Å². The molecule has 5 nitrogen and oxygen atoms in total. The largest absolute Gasteiger partial charge is 0.469 e. The predicted molar refractivity (Wildman–Crippen MR) is 85.4 cm³/mol. The summed E-state index contributed by atoms with van der Waals surface area (Å²) in [6.07, 6.45) is 6.13. The summed E-state index contributed by atoms with van der Waals surface area (Å²) in [4.78, 5) is 28.7. The van der Waals surface area contributed by atoms with E-state index in [1.54, 1.807) is 0 Å².